The molecule has 28 heavy (non-hydrogen) atoms. The fraction of sp³-hybridized carbons (Fsp3) is 0.211. The SMILES string of the molecule is NC(=O)COc1ccccc1C(=O)Nc1cccc(-c2nnnn2C2CC2)c1. The summed E-state index contributed by atoms with van der Waals surface area (Å²) in [6.45, 7) is -0.302. The number of carbonyl (C=O) groups is 2. The Balaban J connectivity index is 1.54. The Kier molecular flexibility index (Phi) is 4.71. The van der Waals surface area contributed by atoms with Gasteiger partial charge in [-0.25, -0.2) is 4.68 Å². The van der Waals surface area contributed by atoms with Gasteiger partial charge in [-0.05, 0) is 47.5 Å². The molecule has 1 heterocycles. The highest BCUT2D eigenvalue weighted by molar-refractivity contribution is 6.06. The maximum Gasteiger partial charge on any atom is 0.259 e. The number of rotatable bonds is 7. The van der Waals surface area contributed by atoms with Crippen LogP contribution in [0.2, 0.25) is 0 Å². The predicted molar refractivity (Wildman–Crippen MR) is 101 cm³/mol. The molecule has 0 saturated heterocycles. The van der Waals surface area contributed by atoms with E-state index >= 15 is 0 Å². The van der Waals surface area contributed by atoms with Crippen LogP contribution in [0, 0.1) is 0 Å². The smallest absolute Gasteiger partial charge is 0.259 e. The summed E-state index contributed by atoms with van der Waals surface area (Å²) in [7, 11) is 0. The molecule has 2 amide bonds. The van der Waals surface area contributed by atoms with E-state index in [9.17, 15) is 9.59 Å². The third-order valence-electron chi connectivity index (χ3n) is 4.27. The fourth-order valence-electron chi connectivity index (χ4n) is 2.81. The maximum atomic E-state index is 12.7. The van der Waals surface area contributed by atoms with E-state index in [1.165, 1.54) is 0 Å². The van der Waals surface area contributed by atoms with Crippen LogP contribution in [-0.4, -0.2) is 38.6 Å². The van der Waals surface area contributed by atoms with Crippen molar-refractivity contribution in [3.05, 3.63) is 54.1 Å². The highest BCUT2D eigenvalue weighted by atomic mass is 16.5. The lowest BCUT2D eigenvalue weighted by molar-refractivity contribution is -0.119. The van der Waals surface area contributed by atoms with Crippen LogP contribution in [0.4, 0.5) is 5.69 Å². The van der Waals surface area contributed by atoms with Gasteiger partial charge < -0.3 is 15.8 Å². The van der Waals surface area contributed by atoms with Gasteiger partial charge in [-0.15, -0.1) is 5.10 Å². The second-order valence-corrected chi connectivity index (χ2v) is 6.46. The van der Waals surface area contributed by atoms with Crippen molar-refractivity contribution in [1.82, 2.24) is 20.2 Å². The Hall–Kier alpha value is -3.75. The monoisotopic (exact) mass is 378 g/mol. The second kappa shape index (κ2) is 7.47. The van der Waals surface area contributed by atoms with Crippen LogP contribution in [-0.2, 0) is 4.79 Å². The Morgan fingerprint density at radius 3 is 2.79 bits per heavy atom. The number of hydrogen-bond donors (Lipinski definition) is 2. The van der Waals surface area contributed by atoms with E-state index in [1.54, 1.807) is 30.3 Å². The molecule has 0 atom stereocenters. The van der Waals surface area contributed by atoms with Gasteiger partial charge >= 0.3 is 0 Å². The van der Waals surface area contributed by atoms with Crippen LogP contribution in [0.1, 0.15) is 29.2 Å². The highest BCUT2D eigenvalue weighted by Gasteiger charge is 2.28. The van der Waals surface area contributed by atoms with Crippen LogP contribution in [0.15, 0.2) is 48.5 Å². The van der Waals surface area contributed by atoms with Gasteiger partial charge in [-0.2, -0.15) is 0 Å². The lowest BCUT2D eigenvalue weighted by Gasteiger charge is -2.11. The van der Waals surface area contributed by atoms with Gasteiger partial charge in [0.25, 0.3) is 11.8 Å². The van der Waals surface area contributed by atoms with Crippen molar-refractivity contribution in [3.8, 4) is 17.1 Å². The fourth-order valence-corrected chi connectivity index (χ4v) is 2.81. The van der Waals surface area contributed by atoms with Gasteiger partial charge in [-0.1, -0.05) is 24.3 Å². The standard InChI is InChI=1S/C19H18N6O3/c20-17(26)11-28-16-7-2-1-6-15(16)19(27)21-13-5-3-4-12(10-13)18-22-23-24-25(18)14-8-9-14/h1-7,10,14H,8-9,11H2,(H2,20,26)(H,21,27). The number of nitrogens with zero attached hydrogens (tertiary/aromatic N) is 4. The molecule has 1 aliphatic rings. The first-order chi connectivity index (χ1) is 13.6. The number of tetrazole rings is 1. The summed E-state index contributed by atoms with van der Waals surface area (Å²) in [4.78, 5) is 23.7. The molecule has 0 aliphatic heterocycles. The minimum atomic E-state index is -0.615. The summed E-state index contributed by atoms with van der Waals surface area (Å²) in [6, 6.07) is 14.3. The topological polar surface area (TPSA) is 125 Å². The zero-order chi connectivity index (χ0) is 19.5. The summed E-state index contributed by atoms with van der Waals surface area (Å²) >= 11 is 0. The molecule has 9 nitrogen and oxygen atoms in total. The molecule has 3 N–H and O–H groups in total. The molecule has 1 saturated carbocycles. The molecule has 2 aromatic carbocycles. The number of amides is 2. The number of nitrogens with one attached hydrogen (secondary N) is 1. The number of hydrogen-bond acceptors (Lipinski definition) is 6. The Labute approximate surface area is 160 Å². The number of primary amides is 1. The summed E-state index contributed by atoms with van der Waals surface area (Å²) in [5.41, 5.74) is 6.82. The Bertz CT molecular complexity index is 1030. The normalized spacial score (nSPS) is 13.1. The number of nitrogens with two attached hydrogens (primary N) is 1. The van der Waals surface area contributed by atoms with Gasteiger partial charge in [0.15, 0.2) is 12.4 Å². The highest BCUT2D eigenvalue weighted by Crippen LogP contribution is 2.36. The quantitative estimate of drug-likeness (QED) is 0.646. The van der Waals surface area contributed by atoms with Crippen LogP contribution in [0.25, 0.3) is 11.4 Å². The molecule has 142 valence electrons. The number of aromatic nitrogens is 4. The molecule has 1 aromatic heterocycles. The van der Waals surface area contributed by atoms with E-state index in [0.717, 1.165) is 18.4 Å². The van der Waals surface area contributed by atoms with E-state index in [4.69, 9.17) is 10.5 Å². The number of benzene rings is 2. The first-order valence-electron chi connectivity index (χ1n) is 8.81. The summed E-state index contributed by atoms with van der Waals surface area (Å²) in [6.07, 6.45) is 2.13. The summed E-state index contributed by atoms with van der Waals surface area (Å²) < 4.78 is 7.14. The second-order valence-electron chi connectivity index (χ2n) is 6.46. The molecular formula is C19H18N6O3. The lowest BCUT2D eigenvalue weighted by atomic mass is 10.1. The summed E-state index contributed by atoms with van der Waals surface area (Å²) in [5.74, 6) is -0.0216. The van der Waals surface area contributed by atoms with Crippen molar-refractivity contribution in [2.24, 2.45) is 5.73 Å². The average Bonchev–Trinajstić information content (AvgIpc) is 3.43. The number of para-hydroxylation sites is 1. The van der Waals surface area contributed by atoms with Crippen LogP contribution in [0.5, 0.6) is 5.75 Å². The molecule has 9 heteroatoms. The van der Waals surface area contributed by atoms with Gasteiger partial charge in [-0.3, -0.25) is 9.59 Å². The minimum absolute atomic E-state index is 0.285. The van der Waals surface area contributed by atoms with Crippen LogP contribution < -0.4 is 15.8 Å². The Morgan fingerprint density at radius 2 is 2.00 bits per heavy atom. The van der Waals surface area contributed by atoms with Crippen molar-refractivity contribution in [1.29, 1.82) is 0 Å². The number of anilines is 1. The van der Waals surface area contributed by atoms with Gasteiger partial charge in [0.2, 0.25) is 0 Å². The number of ether oxygens (including phenoxy) is 1. The third-order valence-corrected chi connectivity index (χ3v) is 4.27. The molecule has 1 fully saturated rings. The van der Waals surface area contributed by atoms with E-state index in [-0.39, 0.29) is 18.3 Å². The molecule has 0 spiro atoms. The largest absolute Gasteiger partial charge is 0.483 e. The first kappa shape index (κ1) is 17.7. The van der Waals surface area contributed by atoms with Crippen molar-refractivity contribution in [3.63, 3.8) is 0 Å². The van der Waals surface area contributed by atoms with E-state index in [1.807, 2.05) is 22.9 Å². The molecule has 0 unspecified atom stereocenters. The van der Waals surface area contributed by atoms with Gasteiger partial charge in [0.05, 0.1) is 11.6 Å². The van der Waals surface area contributed by atoms with E-state index < -0.39 is 5.91 Å². The van der Waals surface area contributed by atoms with Crippen LogP contribution >= 0.6 is 0 Å². The van der Waals surface area contributed by atoms with Crippen LogP contribution in [0.3, 0.4) is 0 Å². The summed E-state index contributed by atoms with van der Waals surface area (Å²) in [5, 5.41) is 14.8. The molecule has 3 aromatic rings. The number of carbonyl (C=O) groups excluding carboxylic acids is 2. The Morgan fingerprint density at radius 1 is 1.18 bits per heavy atom. The lowest BCUT2D eigenvalue weighted by Crippen LogP contribution is -2.21. The van der Waals surface area contributed by atoms with Crippen molar-refractivity contribution in [2.45, 2.75) is 18.9 Å². The molecule has 4 rings (SSSR count). The predicted octanol–water partition coefficient (Wildman–Crippen LogP) is 1.79. The zero-order valence-electron chi connectivity index (χ0n) is 14.9. The third kappa shape index (κ3) is 3.83. The van der Waals surface area contributed by atoms with Gasteiger partial charge in [0, 0.05) is 11.3 Å². The first-order valence-corrected chi connectivity index (χ1v) is 8.81. The molecular weight excluding hydrogens is 360 g/mol. The molecule has 1 aliphatic carbocycles. The molecule has 0 radical (unpaired) electrons. The van der Waals surface area contributed by atoms with Crippen molar-refractivity contribution >= 4 is 17.5 Å². The van der Waals surface area contributed by atoms with E-state index in [2.05, 4.69) is 20.8 Å². The average molecular weight is 378 g/mol. The van der Waals surface area contributed by atoms with Crippen molar-refractivity contribution in [2.75, 3.05) is 11.9 Å². The maximum absolute atomic E-state index is 12.7. The zero-order valence-corrected chi connectivity index (χ0v) is 14.9. The van der Waals surface area contributed by atoms with E-state index in [0.29, 0.717) is 23.1 Å². The van der Waals surface area contributed by atoms with Gasteiger partial charge in [0.1, 0.15) is 5.75 Å². The van der Waals surface area contributed by atoms with Crippen molar-refractivity contribution < 1.29 is 14.3 Å². The molecule has 0 bridgehead atoms. The minimum Gasteiger partial charge on any atom is -0.483 e.